The molecule has 0 bridgehead atoms. The van der Waals surface area contributed by atoms with Crippen molar-refractivity contribution in [3.63, 3.8) is 0 Å². The van der Waals surface area contributed by atoms with Crippen LogP contribution in [0.15, 0.2) is 60.7 Å². The van der Waals surface area contributed by atoms with E-state index >= 15 is 0 Å². The van der Waals surface area contributed by atoms with Crippen molar-refractivity contribution >= 4 is 11.9 Å². The van der Waals surface area contributed by atoms with Gasteiger partial charge < -0.3 is 29.5 Å². The third-order valence-electron chi connectivity index (χ3n) is 4.30. The maximum Gasteiger partial charge on any atom is 0.338 e. The lowest BCUT2D eigenvalue weighted by Crippen LogP contribution is -2.60. The first-order chi connectivity index (χ1) is 13.5. The highest BCUT2D eigenvalue weighted by Gasteiger charge is 2.46. The van der Waals surface area contributed by atoms with Gasteiger partial charge in [0.15, 0.2) is 12.4 Å². The molecule has 1 saturated heterocycles. The summed E-state index contributed by atoms with van der Waals surface area (Å²) in [6, 6.07) is 16.3. The highest BCUT2D eigenvalue weighted by Crippen LogP contribution is 2.24. The minimum Gasteiger partial charge on any atom is -0.459 e. The fraction of sp³-hybridized carbons (Fsp3) is 0.300. The van der Waals surface area contributed by atoms with Gasteiger partial charge in [0.1, 0.15) is 24.9 Å². The van der Waals surface area contributed by atoms with E-state index in [1.165, 1.54) is 12.1 Å². The molecule has 2 aromatic rings. The van der Waals surface area contributed by atoms with Gasteiger partial charge in [0.05, 0.1) is 11.1 Å². The molecule has 8 heteroatoms. The number of aliphatic hydroxyl groups is 3. The van der Waals surface area contributed by atoms with Gasteiger partial charge in [-0.15, -0.1) is 0 Å². The first-order valence-electron chi connectivity index (χ1n) is 8.65. The second-order valence-electron chi connectivity index (χ2n) is 6.25. The number of aliphatic hydroxyl groups excluding tert-OH is 3. The number of hydrogen-bond acceptors (Lipinski definition) is 8. The van der Waals surface area contributed by atoms with Crippen molar-refractivity contribution in [1.82, 2.24) is 0 Å². The van der Waals surface area contributed by atoms with Crippen LogP contribution >= 0.6 is 0 Å². The molecule has 1 fully saturated rings. The molecular weight excluding hydrogens is 368 g/mol. The topological polar surface area (TPSA) is 123 Å². The summed E-state index contributed by atoms with van der Waals surface area (Å²) in [5.74, 6) is -1.40. The zero-order valence-electron chi connectivity index (χ0n) is 14.8. The van der Waals surface area contributed by atoms with E-state index in [1.54, 1.807) is 48.5 Å². The molecule has 3 N–H and O–H groups in total. The largest absolute Gasteiger partial charge is 0.459 e. The normalized spacial score (nSPS) is 27.0. The predicted octanol–water partition coefficient (Wildman–Crippen LogP) is 0.508. The third kappa shape index (κ3) is 4.55. The van der Waals surface area contributed by atoms with Crippen LogP contribution in [-0.4, -0.2) is 64.6 Å². The number of carbonyl (C=O) groups is 2. The number of benzene rings is 2. The Kier molecular flexibility index (Phi) is 6.37. The molecule has 28 heavy (non-hydrogen) atoms. The SMILES string of the molecule is O=C(OC[C@H]1O[C@@H](O)[C@H](O)[C@H](O)[C@@H]1OC(=O)c1ccccc1)c1ccccc1. The number of esters is 2. The van der Waals surface area contributed by atoms with Gasteiger partial charge >= 0.3 is 11.9 Å². The molecule has 0 amide bonds. The molecular formula is C20H20O8. The first-order valence-corrected chi connectivity index (χ1v) is 8.65. The molecule has 2 aromatic carbocycles. The summed E-state index contributed by atoms with van der Waals surface area (Å²) < 4.78 is 15.6. The Morgan fingerprint density at radius 2 is 1.36 bits per heavy atom. The molecule has 1 aliphatic heterocycles. The van der Waals surface area contributed by atoms with E-state index in [4.69, 9.17) is 14.2 Å². The van der Waals surface area contributed by atoms with Crippen LogP contribution in [0.25, 0.3) is 0 Å². The van der Waals surface area contributed by atoms with E-state index in [9.17, 15) is 24.9 Å². The van der Waals surface area contributed by atoms with Crippen LogP contribution in [0.1, 0.15) is 20.7 Å². The predicted molar refractivity (Wildman–Crippen MR) is 95.3 cm³/mol. The Bertz CT molecular complexity index is 794. The molecule has 5 atom stereocenters. The van der Waals surface area contributed by atoms with Gasteiger partial charge in [0.25, 0.3) is 0 Å². The molecule has 0 aliphatic carbocycles. The van der Waals surface area contributed by atoms with E-state index in [1.807, 2.05) is 0 Å². The van der Waals surface area contributed by atoms with Crippen molar-refractivity contribution in [2.45, 2.75) is 30.7 Å². The maximum absolute atomic E-state index is 12.3. The lowest BCUT2D eigenvalue weighted by atomic mass is 9.99. The summed E-state index contributed by atoms with van der Waals surface area (Å²) in [5.41, 5.74) is 0.535. The van der Waals surface area contributed by atoms with Crippen LogP contribution in [0.3, 0.4) is 0 Å². The monoisotopic (exact) mass is 388 g/mol. The van der Waals surface area contributed by atoms with Gasteiger partial charge in [-0.3, -0.25) is 0 Å². The zero-order chi connectivity index (χ0) is 20.1. The smallest absolute Gasteiger partial charge is 0.338 e. The van der Waals surface area contributed by atoms with Crippen LogP contribution in [0, 0.1) is 0 Å². The Balaban J connectivity index is 1.70. The molecule has 8 nitrogen and oxygen atoms in total. The summed E-state index contributed by atoms with van der Waals surface area (Å²) in [6.07, 6.45) is -7.56. The van der Waals surface area contributed by atoms with Gasteiger partial charge in [-0.25, -0.2) is 9.59 Å². The highest BCUT2D eigenvalue weighted by atomic mass is 16.7. The first kappa shape index (κ1) is 20.0. The molecule has 148 valence electrons. The third-order valence-corrected chi connectivity index (χ3v) is 4.30. The molecule has 0 saturated carbocycles. The lowest BCUT2D eigenvalue weighted by Gasteiger charge is -2.39. The zero-order valence-corrected chi connectivity index (χ0v) is 14.8. The highest BCUT2D eigenvalue weighted by molar-refractivity contribution is 5.90. The Labute approximate surface area is 160 Å². The summed E-state index contributed by atoms with van der Waals surface area (Å²) in [5, 5.41) is 29.9. The van der Waals surface area contributed by atoms with E-state index in [2.05, 4.69) is 0 Å². The molecule has 3 rings (SSSR count). The van der Waals surface area contributed by atoms with Crippen LogP contribution in [0.2, 0.25) is 0 Å². The van der Waals surface area contributed by atoms with Gasteiger partial charge in [-0.2, -0.15) is 0 Å². The van der Waals surface area contributed by atoms with E-state index in [-0.39, 0.29) is 5.56 Å². The summed E-state index contributed by atoms with van der Waals surface area (Å²) in [6.45, 7) is -0.401. The fourth-order valence-corrected chi connectivity index (χ4v) is 2.78. The van der Waals surface area contributed by atoms with Gasteiger partial charge in [-0.05, 0) is 24.3 Å². The van der Waals surface area contributed by atoms with Crippen molar-refractivity contribution in [2.75, 3.05) is 6.61 Å². The average molecular weight is 388 g/mol. The second-order valence-corrected chi connectivity index (χ2v) is 6.25. The standard InChI is InChI=1S/C20H20O8/c21-15-16(22)20(25)27-14(11-26-18(23)12-7-3-1-4-8-12)17(15)28-19(24)13-9-5-2-6-10-13/h1-10,14-17,20-22,25H,11H2/t14-,15+,16-,17-,20-/m1/s1. The van der Waals surface area contributed by atoms with Crippen molar-refractivity contribution in [1.29, 1.82) is 0 Å². The minimum absolute atomic E-state index is 0.232. The summed E-state index contributed by atoms with van der Waals surface area (Å²) >= 11 is 0. The van der Waals surface area contributed by atoms with E-state index < -0.39 is 49.3 Å². The van der Waals surface area contributed by atoms with Crippen LogP contribution in [0.4, 0.5) is 0 Å². The number of ether oxygens (including phenoxy) is 3. The Morgan fingerprint density at radius 1 is 0.821 bits per heavy atom. The van der Waals surface area contributed by atoms with E-state index in [0.717, 1.165) is 0 Å². The molecule has 1 aliphatic rings. The number of hydrogen-bond donors (Lipinski definition) is 3. The van der Waals surface area contributed by atoms with Crippen molar-refractivity contribution in [3.8, 4) is 0 Å². The number of carbonyl (C=O) groups excluding carboxylic acids is 2. The second kappa shape index (κ2) is 8.94. The Hall–Kier alpha value is -2.78. The van der Waals surface area contributed by atoms with Crippen molar-refractivity contribution < 1.29 is 39.1 Å². The molecule has 1 heterocycles. The number of rotatable bonds is 5. The summed E-state index contributed by atoms with van der Waals surface area (Å²) in [7, 11) is 0. The minimum atomic E-state index is -1.72. The van der Waals surface area contributed by atoms with Gasteiger partial charge in [0.2, 0.25) is 0 Å². The molecule has 0 spiro atoms. The van der Waals surface area contributed by atoms with Gasteiger partial charge in [-0.1, -0.05) is 36.4 Å². The molecule has 0 aromatic heterocycles. The molecule has 0 radical (unpaired) electrons. The van der Waals surface area contributed by atoms with E-state index in [0.29, 0.717) is 5.56 Å². The maximum atomic E-state index is 12.3. The molecule has 0 unspecified atom stereocenters. The van der Waals surface area contributed by atoms with Crippen molar-refractivity contribution in [2.24, 2.45) is 0 Å². The van der Waals surface area contributed by atoms with Gasteiger partial charge in [0, 0.05) is 0 Å². The quantitative estimate of drug-likeness (QED) is 0.633. The lowest BCUT2D eigenvalue weighted by molar-refractivity contribution is -0.285. The Morgan fingerprint density at radius 3 is 1.93 bits per heavy atom. The summed E-state index contributed by atoms with van der Waals surface area (Å²) in [4.78, 5) is 24.4. The van der Waals surface area contributed by atoms with Crippen molar-refractivity contribution in [3.05, 3.63) is 71.8 Å². The fourth-order valence-electron chi connectivity index (χ4n) is 2.78. The van der Waals surface area contributed by atoms with Crippen LogP contribution in [-0.2, 0) is 14.2 Å². The average Bonchev–Trinajstić information content (AvgIpc) is 2.73. The van der Waals surface area contributed by atoms with Crippen LogP contribution < -0.4 is 0 Å². The van der Waals surface area contributed by atoms with Crippen LogP contribution in [0.5, 0.6) is 0 Å².